The van der Waals surface area contributed by atoms with Crippen molar-refractivity contribution in [2.75, 3.05) is 4.72 Å². The van der Waals surface area contributed by atoms with Gasteiger partial charge in [0.2, 0.25) is 0 Å². The van der Waals surface area contributed by atoms with Gasteiger partial charge < -0.3 is 0 Å². The van der Waals surface area contributed by atoms with E-state index >= 15 is 0 Å². The van der Waals surface area contributed by atoms with Crippen LogP contribution in [0.3, 0.4) is 0 Å². The Morgan fingerprint density at radius 1 is 1.53 bits per heavy atom. The number of aryl methyl sites for hydroxylation is 1. The number of halogens is 3. The van der Waals surface area contributed by atoms with Gasteiger partial charge in [-0.2, -0.15) is 31.5 Å². The van der Waals surface area contributed by atoms with Crippen molar-refractivity contribution < 1.29 is 21.6 Å². The lowest BCUT2D eigenvalue weighted by molar-refractivity contribution is -0.0429. The first-order chi connectivity index (χ1) is 6.76. The molecule has 0 spiro atoms. The zero-order valence-electron chi connectivity index (χ0n) is 7.48. The molecule has 0 amide bonds. The number of rotatable bonds is 3. The predicted octanol–water partition coefficient (Wildman–Crippen LogP) is 0.560. The Labute approximate surface area is 83.1 Å². The summed E-state index contributed by atoms with van der Waals surface area (Å²) in [7, 11) is -5.41. The highest BCUT2D eigenvalue weighted by molar-refractivity contribution is 7.93. The lowest BCUT2D eigenvalue weighted by Gasteiger charge is -2.07. The van der Waals surface area contributed by atoms with Crippen LogP contribution in [-0.2, 0) is 16.6 Å². The van der Waals surface area contributed by atoms with Crippen molar-refractivity contribution in [3.8, 4) is 0 Å². The lowest BCUT2D eigenvalue weighted by atomic mass is 10.8. The number of aromatic nitrogens is 3. The SMILES string of the molecule is CCn1ncc(NS(=O)(=O)C(F)(F)F)n1. The molecule has 0 radical (unpaired) electrons. The van der Waals surface area contributed by atoms with Gasteiger partial charge in [0.1, 0.15) is 0 Å². The van der Waals surface area contributed by atoms with Crippen molar-refractivity contribution in [2.24, 2.45) is 0 Å². The maximum absolute atomic E-state index is 11.9. The smallest absolute Gasteiger partial charge is 0.257 e. The van der Waals surface area contributed by atoms with Gasteiger partial charge in [0.15, 0.2) is 5.82 Å². The molecule has 0 aromatic carbocycles. The molecular formula is C5H7F3N4O2S. The molecule has 1 rings (SSSR count). The van der Waals surface area contributed by atoms with E-state index in [1.807, 2.05) is 0 Å². The van der Waals surface area contributed by atoms with Crippen LogP contribution in [0, 0.1) is 0 Å². The van der Waals surface area contributed by atoms with Gasteiger partial charge in [-0.3, -0.25) is 4.72 Å². The zero-order valence-corrected chi connectivity index (χ0v) is 8.30. The minimum Gasteiger partial charge on any atom is -0.257 e. The number of anilines is 1. The van der Waals surface area contributed by atoms with Crippen LogP contribution in [0.1, 0.15) is 6.92 Å². The second kappa shape index (κ2) is 3.68. The summed E-state index contributed by atoms with van der Waals surface area (Å²) in [5, 5.41) is 6.95. The summed E-state index contributed by atoms with van der Waals surface area (Å²) in [5.41, 5.74) is -5.36. The normalized spacial score (nSPS) is 12.8. The summed E-state index contributed by atoms with van der Waals surface area (Å²) in [6.45, 7) is 1.98. The molecule has 1 aromatic heterocycles. The molecule has 1 aromatic rings. The van der Waals surface area contributed by atoms with Crippen LogP contribution in [0.4, 0.5) is 19.0 Å². The van der Waals surface area contributed by atoms with E-state index in [9.17, 15) is 21.6 Å². The van der Waals surface area contributed by atoms with Crippen molar-refractivity contribution in [3.05, 3.63) is 6.20 Å². The first-order valence-electron chi connectivity index (χ1n) is 3.75. The van der Waals surface area contributed by atoms with Crippen molar-refractivity contribution in [1.29, 1.82) is 0 Å². The van der Waals surface area contributed by atoms with E-state index in [-0.39, 0.29) is 0 Å². The van der Waals surface area contributed by atoms with Crippen LogP contribution >= 0.6 is 0 Å². The number of hydrogen-bond donors (Lipinski definition) is 1. The fourth-order valence-corrected chi connectivity index (χ4v) is 1.18. The molecule has 6 nitrogen and oxygen atoms in total. The highest BCUT2D eigenvalue weighted by atomic mass is 32.2. The molecule has 0 saturated heterocycles. The van der Waals surface area contributed by atoms with Gasteiger partial charge in [-0.25, -0.2) is 0 Å². The van der Waals surface area contributed by atoms with Crippen LogP contribution in [-0.4, -0.2) is 28.9 Å². The van der Waals surface area contributed by atoms with E-state index in [0.717, 1.165) is 11.0 Å². The fourth-order valence-electron chi connectivity index (χ4n) is 0.692. The summed E-state index contributed by atoms with van der Waals surface area (Å²) in [6.07, 6.45) is 0.896. The highest BCUT2D eigenvalue weighted by Gasteiger charge is 2.46. The van der Waals surface area contributed by atoms with Crippen LogP contribution in [0.5, 0.6) is 0 Å². The van der Waals surface area contributed by atoms with Gasteiger partial charge in [-0.15, -0.1) is 5.10 Å². The van der Waals surface area contributed by atoms with E-state index in [1.54, 1.807) is 6.92 Å². The van der Waals surface area contributed by atoms with E-state index in [2.05, 4.69) is 10.2 Å². The topological polar surface area (TPSA) is 76.9 Å². The molecular weight excluding hydrogens is 237 g/mol. The van der Waals surface area contributed by atoms with Gasteiger partial charge in [-0.05, 0) is 6.92 Å². The first kappa shape index (κ1) is 11.8. The zero-order chi connectivity index (χ0) is 11.7. The van der Waals surface area contributed by atoms with Crippen LogP contribution in [0.2, 0.25) is 0 Å². The summed E-state index contributed by atoms with van der Waals surface area (Å²) in [6, 6.07) is 0. The Bertz CT molecular complexity index is 437. The molecule has 1 heterocycles. The van der Waals surface area contributed by atoms with E-state index in [0.29, 0.717) is 6.54 Å². The predicted molar refractivity (Wildman–Crippen MR) is 44.3 cm³/mol. The third kappa shape index (κ3) is 2.58. The maximum Gasteiger partial charge on any atom is 0.516 e. The van der Waals surface area contributed by atoms with E-state index in [1.165, 1.54) is 4.72 Å². The highest BCUT2D eigenvalue weighted by Crippen LogP contribution is 2.24. The van der Waals surface area contributed by atoms with Crippen molar-refractivity contribution in [3.63, 3.8) is 0 Å². The summed E-state index contributed by atoms with van der Waals surface area (Å²) < 4.78 is 58.2. The largest absolute Gasteiger partial charge is 0.516 e. The minimum absolute atomic E-state index is 0.327. The first-order valence-corrected chi connectivity index (χ1v) is 5.24. The lowest BCUT2D eigenvalue weighted by Crippen LogP contribution is -2.30. The molecule has 10 heteroatoms. The standard InChI is InChI=1S/C5H7F3N4O2S/c1-2-12-9-3-4(10-12)11-15(13,14)5(6,7)8/h3H,2H2,1H3,(H,10,11). The van der Waals surface area contributed by atoms with Gasteiger partial charge in [0.25, 0.3) is 0 Å². The van der Waals surface area contributed by atoms with Crippen LogP contribution < -0.4 is 4.72 Å². The third-order valence-corrected chi connectivity index (χ3v) is 2.45. The number of nitrogens with one attached hydrogen (secondary N) is 1. The average molecular weight is 244 g/mol. The molecule has 0 aliphatic rings. The fraction of sp³-hybridized carbons (Fsp3) is 0.600. The molecule has 0 saturated carbocycles. The summed E-state index contributed by atoms with van der Waals surface area (Å²) in [4.78, 5) is 1.05. The molecule has 86 valence electrons. The monoisotopic (exact) mass is 244 g/mol. The second-order valence-electron chi connectivity index (χ2n) is 2.47. The van der Waals surface area contributed by atoms with Gasteiger partial charge >= 0.3 is 15.5 Å². The third-order valence-electron chi connectivity index (χ3n) is 1.36. The van der Waals surface area contributed by atoms with E-state index < -0.39 is 21.3 Å². The molecule has 15 heavy (non-hydrogen) atoms. The van der Waals surface area contributed by atoms with Gasteiger partial charge in [-0.1, -0.05) is 0 Å². The molecule has 0 aliphatic carbocycles. The molecule has 0 bridgehead atoms. The minimum atomic E-state index is -5.41. The molecule has 0 atom stereocenters. The molecule has 0 fully saturated rings. The molecule has 0 aliphatic heterocycles. The Kier molecular flexibility index (Phi) is 2.88. The number of nitrogens with zero attached hydrogens (tertiary/aromatic N) is 3. The van der Waals surface area contributed by atoms with Crippen molar-refractivity contribution >= 4 is 15.8 Å². The Morgan fingerprint density at radius 3 is 2.53 bits per heavy atom. The average Bonchev–Trinajstić information content (AvgIpc) is 2.49. The van der Waals surface area contributed by atoms with Gasteiger partial charge in [0, 0.05) is 0 Å². The Hall–Kier alpha value is -1.32. The molecule has 0 unspecified atom stereocenters. The number of hydrogen-bond acceptors (Lipinski definition) is 4. The summed E-state index contributed by atoms with van der Waals surface area (Å²) in [5.74, 6) is -0.464. The van der Waals surface area contributed by atoms with Crippen molar-refractivity contribution in [2.45, 2.75) is 19.0 Å². The maximum atomic E-state index is 11.9. The summed E-state index contributed by atoms with van der Waals surface area (Å²) >= 11 is 0. The number of alkyl halides is 3. The van der Waals surface area contributed by atoms with Crippen LogP contribution in [0.25, 0.3) is 0 Å². The molecule has 1 N–H and O–H groups in total. The van der Waals surface area contributed by atoms with E-state index in [4.69, 9.17) is 0 Å². The quantitative estimate of drug-likeness (QED) is 0.842. The van der Waals surface area contributed by atoms with Crippen molar-refractivity contribution in [1.82, 2.24) is 15.0 Å². The van der Waals surface area contributed by atoms with Crippen LogP contribution in [0.15, 0.2) is 6.20 Å². The Morgan fingerprint density at radius 2 is 2.13 bits per heavy atom. The van der Waals surface area contributed by atoms with Gasteiger partial charge in [0.05, 0.1) is 12.7 Å². The number of sulfonamides is 1. The Balaban J connectivity index is 2.87. The second-order valence-corrected chi connectivity index (χ2v) is 4.14.